The molecule has 1 saturated heterocycles. The highest BCUT2D eigenvalue weighted by Crippen LogP contribution is 2.13. The number of hydrogen-bond donors (Lipinski definition) is 0. The molecule has 0 aromatic carbocycles. The van der Waals surface area contributed by atoms with E-state index < -0.39 is 11.7 Å². The minimum absolute atomic E-state index is 0.345. The molecule has 0 saturated carbocycles. The Kier molecular flexibility index (Phi) is 4.24. The molecule has 0 aliphatic carbocycles. The first-order chi connectivity index (χ1) is 7.56. The lowest BCUT2D eigenvalue weighted by molar-refractivity contribution is -0.136. The molecular weight excluding hydrogens is 204 g/mol. The maximum absolute atomic E-state index is 11.9. The third-order valence-electron chi connectivity index (χ3n) is 2.51. The van der Waals surface area contributed by atoms with E-state index in [1.165, 1.54) is 6.08 Å². The van der Waals surface area contributed by atoms with Crippen LogP contribution in [0.2, 0.25) is 0 Å². The quantitative estimate of drug-likeness (QED) is 0.531. The van der Waals surface area contributed by atoms with Crippen LogP contribution in [0.4, 0.5) is 0 Å². The van der Waals surface area contributed by atoms with Crippen molar-refractivity contribution in [3.63, 3.8) is 0 Å². The molecule has 1 aliphatic heterocycles. The van der Waals surface area contributed by atoms with Crippen LogP contribution >= 0.6 is 0 Å². The highest BCUT2D eigenvalue weighted by molar-refractivity contribution is 6.09. The lowest BCUT2D eigenvalue weighted by atomic mass is 10.0. The molecule has 0 spiro atoms. The molecule has 1 atom stereocenters. The van der Waals surface area contributed by atoms with Gasteiger partial charge in [0.1, 0.15) is 0 Å². The second kappa shape index (κ2) is 5.45. The molecule has 1 heterocycles. The Labute approximate surface area is 95.5 Å². The van der Waals surface area contributed by atoms with Crippen molar-refractivity contribution in [2.24, 2.45) is 5.92 Å². The number of allylic oxidation sites excluding steroid dienone is 2. The highest BCUT2D eigenvalue weighted by atomic mass is 16.2. The summed E-state index contributed by atoms with van der Waals surface area (Å²) in [6, 6.07) is 1.80. The van der Waals surface area contributed by atoms with E-state index in [1.54, 1.807) is 24.8 Å². The smallest absolute Gasteiger partial charge is 0.247 e. The first kappa shape index (κ1) is 12.4. The second-order valence-electron chi connectivity index (χ2n) is 4.22. The molecule has 1 aliphatic rings. The Morgan fingerprint density at radius 3 is 2.31 bits per heavy atom. The van der Waals surface area contributed by atoms with Crippen molar-refractivity contribution < 1.29 is 9.59 Å². The molecule has 0 aromatic rings. The van der Waals surface area contributed by atoms with E-state index in [9.17, 15) is 9.59 Å². The van der Waals surface area contributed by atoms with E-state index in [0.717, 1.165) is 18.4 Å². The highest BCUT2D eigenvalue weighted by Gasteiger charge is 2.30. The predicted molar refractivity (Wildman–Crippen MR) is 59.4 cm³/mol. The summed E-state index contributed by atoms with van der Waals surface area (Å²) in [5.41, 5.74) is 0.805. The van der Waals surface area contributed by atoms with E-state index in [2.05, 4.69) is 0 Å². The van der Waals surface area contributed by atoms with Crippen LogP contribution in [-0.4, -0.2) is 29.7 Å². The topological polar surface area (TPSA) is 61.2 Å². The van der Waals surface area contributed by atoms with Gasteiger partial charge in [0.15, 0.2) is 11.7 Å². The fourth-order valence-electron chi connectivity index (χ4n) is 1.73. The maximum Gasteiger partial charge on any atom is 0.247 e. The number of ketones is 1. The zero-order chi connectivity index (χ0) is 12.1. The number of nitrogens with zero attached hydrogens (tertiary/aromatic N) is 2. The Morgan fingerprint density at radius 2 is 1.88 bits per heavy atom. The number of carbonyl (C=O) groups is 2. The van der Waals surface area contributed by atoms with Crippen molar-refractivity contribution in [3.05, 3.63) is 11.6 Å². The van der Waals surface area contributed by atoms with Gasteiger partial charge in [-0.15, -0.1) is 0 Å². The molecule has 0 aromatic heterocycles. The Hall–Kier alpha value is -1.63. The zero-order valence-corrected chi connectivity index (χ0v) is 9.69. The molecule has 4 nitrogen and oxygen atoms in total. The van der Waals surface area contributed by atoms with Crippen LogP contribution in [0.25, 0.3) is 0 Å². The number of nitriles is 1. The summed E-state index contributed by atoms with van der Waals surface area (Å²) in [5.74, 6) is -1.91. The SMILES string of the molecule is CC(C)=CC(=O)[C@H](C#N)C(=O)N1CCCC1. The third kappa shape index (κ3) is 2.93. The molecule has 0 N–H and O–H groups in total. The van der Waals surface area contributed by atoms with Gasteiger partial charge in [-0.1, -0.05) is 5.57 Å². The van der Waals surface area contributed by atoms with Crippen molar-refractivity contribution in [2.45, 2.75) is 26.7 Å². The van der Waals surface area contributed by atoms with Gasteiger partial charge in [-0.05, 0) is 32.8 Å². The summed E-state index contributed by atoms with van der Waals surface area (Å²) in [7, 11) is 0. The normalized spacial score (nSPS) is 16.4. The van der Waals surface area contributed by atoms with E-state index in [0.29, 0.717) is 13.1 Å². The minimum atomic E-state index is -1.16. The molecule has 1 rings (SSSR count). The molecule has 0 radical (unpaired) electrons. The molecule has 4 heteroatoms. The van der Waals surface area contributed by atoms with E-state index >= 15 is 0 Å². The van der Waals surface area contributed by atoms with Crippen LogP contribution in [-0.2, 0) is 9.59 Å². The van der Waals surface area contributed by atoms with Crippen LogP contribution in [0, 0.1) is 17.2 Å². The first-order valence-corrected chi connectivity index (χ1v) is 5.43. The van der Waals surface area contributed by atoms with Gasteiger partial charge in [0.2, 0.25) is 5.91 Å². The van der Waals surface area contributed by atoms with E-state index in [4.69, 9.17) is 5.26 Å². The summed E-state index contributed by atoms with van der Waals surface area (Å²) in [4.78, 5) is 25.1. The van der Waals surface area contributed by atoms with Crippen molar-refractivity contribution in [3.8, 4) is 6.07 Å². The fraction of sp³-hybridized carbons (Fsp3) is 0.583. The van der Waals surface area contributed by atoms with Crippen LogP contribution in [0.5, 0.6) is 0 Å². The van der Waals surface area contributed by atoms with Gasteiger partial charge < -0.3 is 4.90 Å². The van der Waals surface area contributed by atoms with Crippen LogP contribution in [0.1, 0.15) is 26.7 Å². The van der Waals surface area contributed by atoms with Crippen molar-refractivity contribution >= 4 is 11.7 Å². The number of likely N-dealkylation sites (tertiary alicyclic amines) is 1. The molecule has 86 valence electrons. The minimum Gasteiger partial charge on any atom is -0.341 e. The van der Waals surface area contributed by atoms with Crippen LogP contribution < -0.4 is 0 Å². The summed E-state index contributed by atoms with van der Waals surface area (Å²) in [6.07, 6.45) is 3.28. The van der Waals surface area contributed by atoms with Gasteiger partial charge in [0.05, 0.1) is 6.07 Å². The van der Waals surface area contributed by atoms with Gasteiger partial charge in [0.25, 0.3) is 0 Å². The lowest BCUT2D eigenvalue weighted by Gasteiger charge is -2.17. The molecule has 1 fully saturated rings. The molecule has 0 unspecified atom stereocenters. The van der Waals surface area contributed by atoms with Crippen LogP contribution in [0.3, 0.4) is 0 Å². The van der Waals surface area contributed by atoms with Gasteiger partial charge in [-0.25, -0.2) is 0 Å². The number of rotatable bonds is 3. The third-order valence-corrected chi connectivity index (χ3v) is 2.51. The van der Waals surface area contributed by atoms with E-state index in [-0.39, 0.29) is 5.91 Å². The largest absolute Gasteiger partial charge is 0.341 e. The van der Waals surface area contributed by atoms with Gasteiger partial charge in [-0.2, -0.15) is 5.26 Å². The second-order valence-corrected chi connectivity index (χ2v) is 4.22. The average Bonchev–Trinajstić information content (AvgIpc) is 2.69. The van der Waals surface area contributed by atoms with Gasteiger partial charge in [0, 0.05) is 13.1 Å². The summed E-state index contributed by atoms with van der Waals surface area (Å²) < 4.78 is 0. The number of hydrogen-bond acceptors (Lipinski definition) is 3. The molecule has 1 amide bonds. The van der Waals surface area contributed by atoms with Crippen molar-refractivity contribution in [1.29, 1.82) is 5.26 Å². The standard InChI is InChI=1S/C12H16N2O2/c1-9(2)7-11(15)10(8-13)12(16)14-5-3-4-6-14/h7,10H,3-6H2,1-2H3/t10-/m0/s1. The van der Waals surface area contributed by atoms with Gasteiger partial charge in [-0.3, -0.25) is 9.59 Å². The Balaban J connectivity index is 2.74. The van der Waals surface area contributed by atoms with E-state index in [1.807, 2.05) is 0 Å². The fourth-order valence-corrected chi connectivity index (χ4v) is 1.73. The number of amides is 1. The maximum atomic E-state index is 11.9. The zero-order valence-electron chi connectivity index (χ0n) is 9.69. The number of carbonyl (C=O) groups excluding carboxylic acids is 2. The molecular formula is C12H16N2O2. The lowest BCUT2D eigenvalue weighted by Crippen LogP contribution is -2.36. The summed E-state index contributed by atoms with van der Waals surface area (Å²) in [6.45, 7) is 4.87. The molecule has 16 heavy (non-hydrogen) atoms. The van der Waals surface area contributed by atoms with Crippen LogP contribution in [0.15, 0.2) is 11.6 Å². The van der Waals surface area contributed by atoms with Gasteiger partial charge >= 0.3 is 0 Å². The summed E-state index contributed by atoms with van der Waals surface area (Å²) >= 11 is 0. The predicted octanol–water partition coefficient (Wildman–Crippen LogP) is 1.28. The Morgan fingerprint density at radius 1 is 1.31 bits per heavy atom. The first-order valence-electron chi connectivity index (χ1n) is 5.43. The average molecular weight is 220 g/mol. The van der Waals surface area contributed by atoms with Crippen molar-refractivity contribution in [2.75, 3.05) is 13.1 Å². The summed E-state index contributed by atoms with van der Waals surface area (Å²) in [5, 5.41) is 8.89. The Bertz CT molecular complexity index is 356. The monoisotopic (exact) mass is 220 g/mol. The molecule has 0 bridgehead atoms. The van der Waals surface area contributed by atoms with Crippen molar-refractivity contribution in [1.82, 2.24) is 4.90 Å².